The number of amides is 1. The zero-order chi connectivity index (χ0) is 19.6. The van der Waals surface area contributed by atoms with Crippen LogP contribution in [0.1, 0.15) is 67.0 Å². The lowest BCUT2D eigenvalue weighted by atomic mass is 9.89. The first-order valence-electron chi connectivity index (χ1n) is 10.8. The Morgan fingerprint density at radius 3 is 2.62 bits per heavy atom. The number of H-pyrrole nitrogens is 1. The second-order valence-electron chi connectivity index (χ2n) is 8.24. The zero-order valence-electron chi connectivity index (χ0n) is 16.7. The molecule has 6 nitrogen and oxygen atoms in total. The molecular formula is C23H27N5O. The fourth-order valence-electron chi connectivity index (χ4n) is 4.53. The van der Waals surface area contributed by atoms with E-state index in [-0.39, 0.29) is 5.91 Å². The van der Waals surface area contributed by atoms with Gasteiger partial charge in [0.2, 0.25) is 0 Å². The number of hydrogen-bond acceptors (Lipinski definition) is 4. The van der Waals surface area contributed by atoms with Crippen LogP contribution in [0.25, 0.3) is 11.0 Å². The fraction of sp³-hybridized carbons (Fsp3) is 0.435. The third-order valence-electron chi connectivity index (χ3n) is 6.19. The first-order valence-corrected chi connectivity index (χ1v) is 10.8. The first-order chi connectivity index (χ1) is 14.3. The number of pyridine rings is 1. The number of carbonyl (C=O) groups excluding carboxylic acids is 1. The summed E-state index contributed by atoms with van der Waals surface area (Å²) >= 11 is 0. The molecule has 0 atom stereocenters. The minimum absolute atomic E-state index is 0.142. The maximum atomic E-state index is 12.6. The van der Waals surface area contributed by atoms with Crippen LogP contribution in [-0.2, 0) is 0 Å². The summed E-state index contributed by atoms with van der Waals surface area (Å²) in [5, 5.41) is 2.99. The molecule has 1 aromatic carbocycles. The van der Waals surface area contributed by atoms with Gasteiger partial charge in [-0.25, -0.2) is 9.97 Å². The van der Waals surface area contributed by atoms with E-state index in [4.69, 9.17) is 4.98 Å². The lowest BCUT2D eigenvalue weighted by Gasteiger charge is -2.18. The maximum Gasteiger partial charge on any atom is 0.257 e. The molecule has 3 aromatic rings. The number of anilines is 2. The van der Waals surface area contributed by atoms with Crippen molar-refractivity contribution >= 4 is 28.4 Å². The average Bonchev–Trinajstić information content (AvgIpc) is 3.44. The lowest BCUT2D eigenvalue weighted by molar-refractivity contribution is 0.102. The van der Waals surface area contributed by atoms with E-state index in [1.54, 1.807) is 6.20 Å². The largest absolute Gasteiger partial charge is 0.357 e. The molecule has 0 radical (unpaired) electrons. The Morgan fingerprint density at radius 2 is 1.86 bits per heavy atom. The number of fused-ring (bicyclic) bond motifs is 1. The molecule has 1 amide bonds. The van der Waals surface area contributed by atoms with E-state index in [0.717, 1.165) is 41.5 Å². The number of nitrogens with one attached hydrogen (secondary N) is 2. The van der Waals surface area contributed by atoms with Crippen molar-refractivity contribution in [2.24, 2.45) is 0 Å². The molecule has 0 spiro atoms. The number of carbonyl (C=O) groups is 1. The Labute approximate surface area is 170 Å². The molecule has 29 heavy (non-hydrogen) atoms. The number of benzene rings is 1. The van der Waals surface area contributed by atoms with Crippen LogP contribution in [0.15, 0.2) is 36.5 Å². The van der Waals surface area contributed by atoms with Gasteiger partial charge in [-0.1, -0.05) is 19.3 Å². The van der Waals surface area contributed by atoms with Crippen molar-refractivity contribution in [1.29, 1.82) is 0 Å². The van der Waals surface area contributed by atoms with Gasteiger partial charge in [0.05, 0.1) is 16.6 Å². The highest BCUT2D eigenvalue weighted by atomic mass is 16.1. The van der Waals surface area contributed by atoms with Crippen LogP contribution >= 0.6 is 0 Å². The SMILES string of the molecule is O=C(Nc1ccc2nc(C3CCCCC3)[nH]c2c1)c1ccc(N2CCCC2)nc1. The van der Waals surface area contributed by atoms with E-state index in [2.05, 4.69) is 20.2 Å². The first kappa shape index (κ1) is 18.2. The molecule has 0 unspecified atom stereocenters. The molecule has 2 N–H and O–H groups in total. The van der Waals surface area contributed by atoms with Crippen LogP contribution in [0.2, 0.25) is 0 Å². The fourth-order valence-corrected chi connectivity index (χ4v) is 4.53. The Balaban J connectivity index is 1.29. The highest BCUT2D eigenvalue weighted by molar-refractivity contribution is 6.04. The third kappa shape index (κ3) is 3.84. The molecule has 2 aromatic heterocycles. The second-order valence-corrected chi connectivity index (χ2v) is 8.24. The minimum atomic E-state index is -0.142. The van der Waals surface area contributed by atoms with Crippen molar-refractivity contribution in [3.8, 4) is 0 Å². The summed E-state index contributed by atoms with van der Waals surface area (Å²) in [7, 11) is 0. The number of nitrogens with zero attached hydrogens (tertiary/aromatic N) is 3. The average molecular weight is 390 g/mol. The number of hydrogen-bond donors (Lipinski definition) is 2. The van der Waals surface area contributed by atoms with Crippen molar-refractivity contribution < 1.29 is 4.79 Å². The molecule has 6 heteroatoms. The summed E-state index contributed by atoms with van der Waals surface area (Å²) in [6, 6.07) is 9.65. The van der Waals surface area contributed by atoms with Gasteiger partial charge in [-0.3, -0.25) is 4.79 Å². The molecule has 2 fully saturated rings. The van der Waals surface area contributed by atoms with Gasteiger partial charge in [-0.15, -0.1) is 0 Å². The monoisotopic (exact) mass is 389 g/mol. The van der Waals surface area contributed by atoms with Gasteiger partial charge in [0.1, 0.15) is 11.6 Å². The summed E-state index contributed by atoms with van der Waals surface area (Å²) in [5.41, 5.74) is 3.27. The Kier molecular flexibility index (Phi) is 4.92. The van der Waals surface area contributed by atoms with Crippen LogP contribution in [-0.4, -0.2) is 33.9 Å². The molecular weight excluding hydrogens is 362 g/mol. The molecule has 1 saturated heterocycles. The number of rotatable bonds is 4. The highest BCUT2D eigenvalue weighted by Gasteiger charge is 2.19. The normalized spacial score (nSPS) is 17.7. The third-order valence-corrected chi connectivity index (χ3v) is 6.19. The molecule has 0 bridgehead atoms. The predicted molar refractivity (Wildman–Crippen MR) is 116 cm³/mol. The topological polar surface area (TPSA) is 73.9 Å². The minimum Gasteiger partial charge on any atom is -0.357 e. The van der Waals surface area contributed by atoms with Crippen LogP contribution < -0.4 is 10.2 Å². The van der Waals surface area contributed by atoms with Gasteiger partial charge in [0, 0.05) is 30.9 Å². The van der Waals surface area contributed by atoms with Gasteiger partial charge in [0.25, 0.3) is 5.91 Å². The molecule has 2 aliphatic rings. The van der Waals surface area contributed by atoms with Crippen LogP contribution in [0.4, 0.5) is 11.5 Å². The van der Waals surface area contributed by atoms with Gasteiger partial charge in [-0.05, 0) is 56.0 Å². The summed E-state index contributed by atoms with van der Waals surface area (Å²) in [5.74, 6) is 2.43. The van der Waals surface area contributed by atoms with Crippen LogP contribution in [0.5, 0.6) is 0 Å². The van der Waals surface area contributed by atoms with Crippen molar-refractivity contribution in [2.45, 2.75) is 50.9 Å². The molecule has 1 aliphatic heterocycles. The van der Waals surface area contributed by atoms with Crippen molar-refractivity contribution in [2.75, 3.05) is 23.3 Å². The summed E-state index contributed by atoms with van der Waals surface area (Å²) < 4.78 is 0. The molecule has 1 aliphatic carbocycles. The number of aromatic amines is 1. The zero-order valence-corrected chi connectivity index (χ0v) is 16.7. The van der Waals surface area contributed by atoms with E-state index in [0.29, 0.717) is 11.5 Å². The van der Waals surface area contributed by atoms with Crippen LogP contribution in [0, 0.1) is 0 Å². The van der Waals surface area contributed by atoms with E-state index >= 15 is 0 Å². The Bertz CT molecular complexity index is 998. The van der Waals surface area contributed by atoms with E-state index in [1.807, 2.05) is 30.3 Å². The molecule has 3 heterocycles. The Morgan fingerprint density at radius 1 is 1.03 bits per heavy atom. The van der Waals surface area contributed by atoms with Gasteiger partial charge in [-0.2, -0.15) is 0 Å². The lowest BCUT2D eigenvalue weighted by Crippen LogP contribution is -2.19. The molecule has 1 saturated carbocycles. The molecule has 5 rings (SSSR count). The van der Waals surface area contributed by atoms with Gasteiger partial charge >= 0.3 is 0 Å². The summed E-state index contributed by atoms with van der Waals surface area (Å²) in [6.07, 6.45) is 10.4. The maximum absolute atomic E-state index is 12.6. The van der Waals surface area contributed by atoms with E-state index in [9.17, 15) is 4.79 Å². The molecule has 150 valence electrons. The number of aromatic nitrogens is 3. The van der Waals surface area contributed by atoms with Gasteiger partial charge < -0.3 is 15.2 Å². The van der Waals surface area contributed by atoms with Crippen molar-refractivity contribution in [1.82, 2.24) is 15.0 Å². The van der Waals surface area contributed by atoms with Crippen molar-refractivity contribution in [3.63, 3.8) is 0 Å². The smallest absolute Gasteiger partial charge is 0.257 e. The van der Waals surface area contributed by atoms with Crippen molar-refractivity contribution in [3.05, 3.63) is 47.9 Å². The Hall–Kier alpha value is -2.89. The predicted octanol–water partition coefficient (Wildman–Crippen LogP) is 4.86. The number of imidazole rings is 1. The van der Waals surface area contributed by atoms with Crippen LogP contribution in [0.3, 0.4) is 0 Å². The second kappa shape index (κ2) is 7.85. The highest BCUT2D eigenvalue weighted by Crippen LogP contribution is 2.32. The quantitative estimate of drug-likeness (QED) is 0.668. The summed E-state index contributed by atoms with van der Waals surface area (Å²) in [6.45, 7) is 2.09. The van der Waals surface area contributed by atoms with Gasteiger partial charge in [0.15, 0.2) is 0 Å². The standard InChI is InChI=1S/C23H27N5O/c29-23(17-8-11-21(24-15-17)28-12-4-5-13-28)25-18-9-10-19-20(14-18)27-22(26-19)16-6-2-1-3-7-16/h8-11,14-16H,1-7,12-13H2,(H,25,29)(H,26,27). The van der Waals surface area contributed by atoms with E-state index < -0.39 is 0 Å². The van der Waals surface area contributed by atoms with E-state index in [1.165, 1.54) is 44.9 Å². The summed E-state index contributed by atoms with van der Waals surface area (Å²) in [4.78, 5) is 27.6.